The second kappa shape index (κ2) is 6.74. The van der Waals surface area contributed by atoms with Crippen molar-refractivity contribution < 1.29 is 14.3 Å². The van der Waals surface area contributed by atoms with Gasteiger partial charge in [0, 0.05) is 23.6 Å². The lowest BCUT2D eigenvalue weighted by atomic mass is 10.2. The van der Waals surface area contributed by atoms with E-state index >= 15 is 0 Å². The van der Waals surface area contributed by atoms with E-state index in [0.29, 0.717) is 17.2 Å². The molecule has 0 bridgehead atoms. The maximum Gasteiger partial charge on any atom is 0.228 e. The molecule has 0 fully saturated rings. The Labute approximate surface area is 123 Å². The molecule has 5 nitrogen and oxygen atoms in total. The lowest BCUT2D eigenvalue weighted by molar-refractivity contribution is -0.115. The first-order valence-electron chi connectivity index (χ1n) is 6.56. The zero-order chi connectivity index (χ0) is 15.2. The largest absolute Gasteiger partial charge is 0.493 e. The molecule has 5 heteroatoms. The summed E-state index contributed by atoms with van der Waals surface area (Å²) in [5, 5.41) is 2.83. The molecule has 0 atom stereocenters. The van der Waals surface area contributed by atoms with Crippen LogP contribution in [0.2, 0.25) is 0 Å². The highest BCUT2D eigenvalue weighted by molar-refractivity contribution is 5.92. The van der Waals surface area contributed by atoms with Gasteiger partial charge in [-0.15, -0.1) is 0 Å². The van der Waals surface area contributed by atoms with Crippen LogP contribution in [0.3, 0.4) is 0 Å². The fourth-order valence-corrected chi connectivity index (χ4v) is 1.91. The van der Waals surface area contributed by atoms with Gasteiger partial charge in [-0.1, -0.05) is 6.07 Å². The molecule has 0 spiro atoms. The quantitative estimate of drug-likeness (QED) is 0.917. The Kier molecular flexibility index (Phi) is 4.77. The van der Waals surface area contributed by atoms with Crippen LogP contribution < -0.4 is 14.8 Å². The van der Waals surface area contributed by atoms with E-state index in [-0.39, 0.29) is 12.3 Å². The number of pyridine rings is 1. The molecule has 1 aromatic carbocycles. The highest BCUT2D eigenvalue weighted by atomic mass is 16.5. The van der Waals surface area contributed by atoms with Gasteiger partial charge in [0.15, 0.2) is 11.5 Å². The van der Waals surface area contributed by atoms with Crippen molar-refractivity contribution in [1.82, 2.24) is 4.98 Å². The van der Waals surface area contributed by atoms with Gasteiger partial charge in [-0.25, -0.2) is 0 Å². The number of carbonyl (C=O) groups excluding carboxylic acids is 1. The number of methoxy groups -OCH3 is 2. The number of anilines is 1. The third kappa shape index (κ3) is 3.95. The van der Waals surface area contributed by atoms with Crippen molar-refractivity contribution >= 4 is 11.6 Å². The molecule has 2 aromatic rings. The average molecular weight is 286 g/mol. The van der Waals surface area contributed by atoms with Crippen LogP contribution in [0.15, 0.2) is 36.5 Å². The molecule has 0 aliphatic carbocycles. The monoisotopic (exact) mass is 286 g/mol. The number of aromatic nitrogens is 1. The van der Waals surface area contributed by atoms with Gasteiger partial charge in [0.25, 0.3) is 0 Å². The van der Waals surface area contributed by atoms with Crippen molar-refractivity contribution in [3.8, 4) is 11.5 Å². The van der Waals surface area contributed by atoms with Crippen LogP contribution in [0.5, 0.6) is 11.5 Å². The topological polar surface area (TPSA) is 60.5 Å². The Balaban J connectivity index is 2.04. The number of rotatable bonds is 5. The Morgan fingerprint density at radius 1 is 1.14 bits per heavy atom. The molecular weight excluding hydrogens is 268 g/mol. The third-order valence-electron chi connectivity index (χ3n) is 3.00. The SMILES string of the molecule is COc1ccc(NC(=O)Cc2ccc(C)nc2)cc1OC. The second-order valence-electron chi connectivity index (χ2n) is 4.60. The highest BCUT2D eigenvalue weighted by Crippen LogP contribution is 2.29. The Morgan fingerprint density at radius 3 is 2.52 bits per heavy atom. The minimum atomic E-state index is -0.104. The number of nitrogens with one attached hydrogen (secondary N) is 1. The van der Waals surface area contributed by atoms with E-state index in [1.165, 1.54) is 0 Å². The van der Waals surface area contributed by atoms with Gasteiger partial charge in [0.1, 0.15) is 0 Å². The number of carbonyl (C=O) groups is 1. The van der Waals surface area contributed by atoms with E-state index < -0.39 is 0 Å². The van der Waals surface area contributed by atoms with E-state index in [0.717, 1.165) is 11.3 Å². The van der Waals surface area contributed by atoms with Crippen molar-refractivity contribution in [2.24, 2.45) is 0 Å². The summed E-state index contributed by atoms with van der Waals surface area (Å²) in [6.45, 7) is 1.91. The average Bonchev–Trinajstić information content (AvgIpc) is 2.49. The number of benzene rings is 1. The van der Waals surface area contributed by atoms with E-state index in [4.69, 9.17) is 9.47 Å². The molecule has 1 heterocycles. The maximum atomic E-state index is 12.0. The van der Waals surface area contributed by atoms with Crippen molar-refractivity contribution in [3.63, 3.8) is 0 Å². The predicted octanol–water partition coefficient (Wildman–Crippen LogP) is 2.59. The summed E-state index contributed by atoms with van der Waals surface area (Å²) >= 11 is 0. The van der Waals surface area contributed by atoms with Crippen molar-refractivity contribution in [2.75, 3.05) is 19.5 Å². The van der Waals surface area contributed by atoms with E-state index in [1.54, 1.807) is 38.6 Å². The summed E-state index contributed by atoms with van der Waals surface area (Å²) in [5.41, 5.74) is 2.47. The molecule has 110 valence electrons. The van der Waals surface area contributed by atoms with E-state index in [2.05, 4.69) is 10.3 Å². The van der Waals surface area contributed by atoms with Gasteiger partial charge < -0.3 is 14.8 Å². The van der Waals surface area contributed by atoms with Crippen LogP contribution in [-0.2, 0) is 11.2 Å². The number of hydrogen-bond donors (Lipinski definition) is 1. The minimum Gasteiger partial charge on any atom is -0.493 e. The lowest BCUT2D eigenvalue weighted by Crippen LogP contribution is -2.14. The first-order chi connectivity index (χ1) is 10.1. The molecule has 2 rings (SSSR count). The summed E-state index contributed by atoms with van der Waals surface area (Å²) in [6, 6.07) is 9.04. The predicted molar refractivity (Wildman–Crippen MR) is 80.9 cm³/mol. The second-order valence-corrected chi connectivity index (χ2v) is 4.60. The Bertz CT molecular complexity index is 624. The zero-order valence-corrected chi connectivity index (χ0v) is 12.3. The van der Waals surface area contributed by atoms with Crippen LogP contribution in [0, 0.1) is 6.92 Å². The van der Waals surface area contributed by atoms with Crippen molar-refractivity contribution in [1.29, 1.82) is 0 Å². The number of ether oxygens (including phenoxy) is 2. The molecular formula is C16H18N2O3. The van der Waals surface area contributed by atoms with Crippen molar-refractivity contribution in [2.45, 2.75) is 13.3 Å². The number of nitrogens with zero attached hydrogens (tertiary/aromatic N) is 1. The van der Waals surface area contributed by atoms with Crippen LogP contribution in [-0.4, -0.2) is 25.1 Å². The van der Waals surface area contributed by atoms with E-state index in [9.17, 15) is 4.79 Å². The molecule has 21 heavy (non-hydrogen) atoms. The highest BCUT2D eigenvalue weighted by Gasteiger charge is 2.08. The van der Waals surface area contributed by atoms with Gasteiger partial charge in [0.05, 0.1) is 20.6 Å². The van der Waals surface area contributed by atoms with Crippen molar-refractivity contribution in [3.05, 3.63) is 47.8 Å². The van der Waals surface area contributed by atoms with Gasteiger partial charge in [0.2, 0.25) is 5.91 Å². The first kappa shape index (κ1) is 14.8. The van der Waals surface area contributed by atoms with Crippen LogP contribution >= 0.6 is 0 Å². The fraction of sp³-hybridized carbons (Fsp3) is 0.250. The molecule has 1 aromatic heterocycles. The molecule has 1 amide bonds. The van der Waals surface area contributed by atoms with Crippen LogP contribution in [0.4, 0.5) is 5.69 Å². The maximum absolute atomic E-state index is 12.0. The summed E-state index contributed by atoms with van der Waals surface area (Å²) in [7, 11) is 3.13. The summed E-state index contributed by atoms with van der Waals surface area (Å²) in [5.74, 6) is 1.10. The number of hydrogen-bond acceptors (Lipinski definition) is 4. The Hall–Kier alpha value is -2.56. The normalized spacial score (nSPS) is 10.0. The fourth-order valence-electron chi connectivity index (χ4n) is 1.91. The standard InChI is InChI=1S/C16H18N2O3/c1-11-4-5-12(10-17-11)8-16(19)18-13-6-7-14(20-2)15(9-13)21-3/h4-7,9-10H,8H2,1-3H3,(H,18,19). The van der Waals surface area contributed by atoms with Crippen LogP contribution in [0.1, 0.15) is 11.3 Å². The van der Waals surface area contributed by atoms with Gasteiger partial charge in [-0.05, 0) is 30.7 Å². The molecule has 1 N–H and O–H groups in total. The Morgan fingerprint density at radius 2 is 1.90 bits per heavy atom. The van der Waals surface area contributed by atoms with Crippen LogP contribution in [0.25, 0.3) is 0 Å². The summed E-state index contributed by atoms with van der Waals surface area (Å²) in [6.07, 6.45) is 1.99. The molecule has 0 aliphatic rings. The molecule has 0 saturated heterocycles. The van der Waals surface area contributed by atoms with Gasteiger partial charge in [-0.3, -0.25) is 9.78 Å². The zero-order valence-electron chi connectivity index (χ0n) is 12.3. The number of aryl methyl sites for hydroxylation is 1. The lowest BCUT2D eigenvalue weighted by Gasteiger charge is -2.10. The molecule has 0 unspecified atom stereocenters. The van der Waals surface area contributed by atoms with Gasteiger partial charge in [-0.2, -0.15) is 0 Å². The first-order valence-corrected chi connectivity index (χ1v) is 6.56. The summed E-state index contributed by atoms with van der Waals surface area (Å²) < 4.78 is 10.4. The number of amides is 1. The van der Waals surface area contributed by atoms with Gasteiger partial charge >= 0.3 is 0 Å². The minimum absolute atomic E-state index is 0.104. The molecule has 0 radical (unpaired) electrons. The molecule has 0 aliphatic heterocycles. The summed E-state index contributed by atoms with van der Waals surface area (Å²) in [4.78, 5) is 16.2. The van der Waals surface area contributed by atoms with E-state index in [1.807, 2.05) is 19.1 Å². The smallest absolute Gasteiger partial charge is 0.228 e. The molecule has 0 saturated carbocycles. The third-order valence-corrected chi connectivity index (χ3v) is 3.00.